The zero-order chi connectivity index (χ0) is 12.1. The number of hydrogen-bond donors (Lipinski definition) is 0. The van der Waals surface area contributed by atoms with Gasteiger partial charge < -0.3 is 0 Å². The Kier molecular flexibility index (Phi) is 2.28. The van der Waals surface area contributed by atoms with Crippen LogP contribution in [0.2, 0.25) is 0 Å². The van der Waals surface area contributed by atoms with Crippen LogP contribution in [0.4, 0.5) is 0 Å². The smallest absolute Gasteiger partial charge is 0.200 e. The van der Waals surface area contributed by atoms with Gasteiger partial charge in [-0.05, 0) is 41.2 Å². The molecule has 0 N–H and O–H groups in total. The molecule has 0 unspecified atom stereocenters. The minimum absolute atomic E-state index is 0.0416. The van der Waals surface area contributed by atoms with Crippen LogP contribution < -0.4 is 0 Å². The van der Waals surface area contributed by atoms with Crippen molar-refractivity contribution >= 4 is 15.9 Å². The van der Waals surface area contributed by atoms with Gasteiger partial charge in [0, 0.05) is 5.41 Å². The summed E-state index contributed by atoms with van der Waals surface area (Å²) in [6, 6.07) is 3.95. The summed E-state index contributed by atoms with van der Waals surface area (Å²) in [5.41, 5.74) is 2.88. The van der Waals surface area contributed by atoms with Crippen LogP contribution in [0.1, 0.15) is 37.5 Å². The summed E-state index contributed by atoms with van der Waals surface area (Å²) in [7, 11) is -3.18. The van der Waals surface area contributed by atoms with Crippen LogP contribution >= 0.6 is 0 Å². The fourth-order valence-electron chi connectivity index (χ4n) is 1.98. The van der Waals surface area contributed by atoms with E-state index in [-0.39, 0.29) is 5.41 Å². The summed E-state index contributed by atoms with van der Waals surface area (Å²) in [6.45, 7) is 8.24. The van der Waals surface area contributed by atoms with E-state index in [0.717, 1.165) is 11.1 Å². The van der Waals surface area contributed by atoms with E-state index in [0.29, 0.717) is 4.90 Å². The molecule has 0 fully saturated rings. The molecule has 0 saturated carbocycles. The van der Waals surface area contributed by atoms with E-state index in [1.807, 2.05) is 19.1 Å². The van der Waals surface area contributed by atoms with E-state index < -0.39 is 9.84 Å². The molecule has 0 spiro atoms. The molecule has 86 valence electrons. The van der Waals surface area contributed by atoms with Crippen LogP contribution in [0.5, 0.6) is 0 Å². The maximum atomic E-state index is 11.7. The molecule has 0 saturated heterocycles. The zero-order valence-electron chi connectivity index (χ0n) is 10.0. The largest absolute Gasteiger partial charge is 0.219 e. The van der Waals surface area contributed by atoms with Crippen molar-refractivity contribution in [1.82, 2.24) is 0 Å². The van der Waals surface area contributed by atoms with Crippen molar-refractivity contribution in [1.29, 1.82) is 0 Å². The van der Waals surface area contributed by atoms with Crippen LogP contribution in [0, 0.1) is 6.92 Å². The molecule has 1 heterocycles. The van der Waals surface area contributed by atoms with Gasteiger partial charge in [0.2, 0.25) is 9.84 Å². The van der Waals surface area contributed by atoms with E-state index >= 15 is 0 Å². The molecule has 0 atom stereocenters. The third-order valence-electron chi connectivity index (χ3n) is 2.88. The minimum atomic E-state index is -3.18. The third kappa shape index (κ3) is 1.69. The number of fused-ring (bicyclic) bond motifs is 1. The highest BCUT2D eigenvalue weighted by atomic mass is 32.2. The average molecular weight is 236 g/mol. The first-order valence-corrected chi connectivity index (χ1v) is 6.85. The fourth-order valence-corrected chi connectivity index (χ4v) is 3.40. The Hall–Kier alpha value is -1.09. The second-order valence-electron chi connectivity index (χ2n) is 5.31. The van der Waals surface area contributed by atoms with Gasteiger partial charge in [-0.15, -0.1) is 0 Å². The van der Waals surface area contributed by atoms with Crippen LogP contribution in [0.25, 0.3) is 6.08 Å². The van der Waals surface area contributed by atoms with Gasteiger partial charge in [0.1, 0.15) is 0 Å². The summed E-state index contributed by atoms with van der Waals surface area (Å²) in [5, 5.41) is 1.29. The van der Waals surface area contributed by atoms with Crippen molar-refractivity contribution < 1.29 is 8.42 Å². The molecule has 1 aromatic rings. The molecule has 0 aliphatic carbocycles. The lowest BCUT2D eigenvalue weighted by Crippen LogP contribution is -2.12. The molecule has 1 aliphatic rings. The summed E-state index contributed by atoms with van der Waals surface area (Å²) in [5.74, 6) is 0. The van der Waals surface area contributed by atoms with E-state index in [4.69, 9.17) is 0 Å². The minimum Gasteiger partial charge on any atom is -0.219 e. The Bertz CT molecular complexity index is 573. The maximum absolute atomic E-state index is 11.7. The number of benzene rings is 1. The lowest BCUT2D eigenvalue weighted by molar-refractivity contribution is 0.587. The van der Waals surface area contributed by atoms with Crippen molar-refractivity contribution in [3.63, 3.8) is 0 Å². The first kappa shape index (κ1) is 11.4. The monoisotopic (exact) mass is 236 g/mol. The highest BCUT2D eigenvalue weighted by Crippen LogP contribution is 2.34. The highest BCUT2D eigenvalue weighted by Gasteiger charge is 2.25. The Morgan fingerprint density at radius 3 is 2.31 bits per heavy atom. The normalized spacial score (nSPS) is 17.5. The van der Waals surface area contributed by atoms with Gasteiger partial charge in [-0.3, -0.25) is 0 Å². The van der Waals surface area contributed by atoms with E-state index in [2.05, 4.69) is 20.8 Å². The Morgan fingerprint density at radius 1 is 1.12 bits per heavy atom. The fraction of sp³-hybridized carbons (Fsp3) is 0.385. The van der Waals surface area contributed by atoms with Crippen LogP contribution in [0.15, 0.2) is 22.4 Å². The van der Waals surface area contributed by atoms with E-state index in [9.17, 15) is 8.42 Å². The van der Waals surface area contributed by atoms with Gasteiger partial charge in [-0.25, -0.2) is 8.42 Å². The van der Waals surface area contributed by atoms with Crippen molar-refractivity contribution in [3.8, 4) is 0 Å². The Morgan fingerprint density at radius 2 is 1.75 bits per heavy atom. The Labute approximate surface area is 96.9 Å². The number of sulfone groups is 1. The van der Waals surface area contributed by atoms with Crippen molar-refractivity contribution in [3.05, 3.63) is 34.2 Å². The summed E-state index contributed by atoms with van der Waals surface area (Å²) in [4.78, 5) is 0.473. The topological polar surface area (TPSA) is 34.1 Å². The molecule has 1 aliphatic heterocycles. The van der Waals surface area contributed by atoms with Gasteiger partial charge in [0.05, 0.1) is 4.90 Å². The molecule has 0 aromatic heterocycles. The molecule has 0 bridgehead atoms. The molecule has 3 heteroatoms. The molecular weight excluding hydrogens is 220 g/mol. The maximum Gasteiger partial charge on any atom is 0.200 e. The predicted molar refractivity (Wildman–Crippen MR) is 66.1 cm³/mol. The number of rotatable bonds is 0. The van der Waals surface area contributed by atoms with Crippen molar-refractivity contribution in [2.75, 3.05) is 0 Å². The second kappa shape index (κ2) is 3.20. The van der Waals surface area contributed by atoms with Crippen molar-refractivity contribution in [2.45, 2.75) is 38.0 Å². The Balaban J connectivity index is 2.73. The quantitative estimate of drug-likeness (QED) is 0.693. The van der Waals surface area contributed by atoms with Gasteiger partial charge in [-0.1, -0.05) is 26.8 Å². The highest BCUT2D eigenvalue weighted by molar-refractivity contribution is 7.94. The summed E-state index contributed by atoms with van der Waals surface area (Å²) < 4.78 is 23.5. The van der Waals surface area contributed by atoms with Crippen LogP contribution in [0.3, 0.4) is 0 Å². The zero-order valence-corrected chi connectivity index (χ0v) is 10.9. The molecular formula is C13H16O2S. The van der Waals surface area contributed by atoms with Crippen LogP contribution in [-0.2, 0) is 15.3 Å². The first-order valence-electron chi connectivity index (χ1n) is 5.30. The average Bonchev–Trinajstić information content (AvgIpc) is 2.41. The first-order chi connectivity index (χ1) is 7.22. The number of aryl methyl sites for hydroxylation is 1. The summed E-state index contributed by atoms with van der Waals surface area (Å²) >= 11 is 0. The molecule has 1 aromatic carbocycles. The lowest BCUT2D eigenvalue weighted by Gasteiger charge is -2.21. The van der Waals surface area contributed by atoms with Gasteiger partial charge in [0.15, 0.2) is 0 Å². The molecule has 0 radical (unpaired) electrons. The van der Waals surface area contributed by atoms with Gasteiger partial charge in [0.25, 0.3) is 0 Å². The van der Waals surface area contributed by atoms with E-state index in [1.54, 1.807) is 6.08 Å². The molecule has 2 nitrogen and oxygen atoms in total. The van der Waals surface area contributed by atoms with Crippen LogP contribution in [-0.4, -0.2) is 8.42 Å². The third-order valence-corrected chi connectivity index (χ3v) is 4.50. The standard InChI is InChI=1S/C13H16O2S/c1-9-7-11(13(2,3)4)8-10-5-6-16(14,15)12(9)10/h5-8H,1-4H3. The SMILES string of the molecule is Cc1cc(C(C)(C)C)cc2c1S(=O)(=O)C=C2. The second-order valence-corrected chi connectivity index (χ2v) is 7.08. The van der Waals surface area contributed by atoms with Gasteiger partial charge in [-0.2, -0.15) is 0 Å². The number of hydrogen-bond acceptors (Lipinski definition) is 2. The predicted octanol–water partition coefficient (Wildman–Crippen LogP) is 3.05. The lowest BCUT2D eigenvalue weighted by atomic mass is 9.85. The molecule has 16 heavy (non-hydrogen) atoms. The van der Waals surface area contributed by atoms with Crippen molar-refractivity contribution in [2.24, 2.45) is 0 Å². The summed E-state index contributed by atoms with van der Waals surface area (Å²) in [6.07, 6.45) is 1.69. The van der Waals surface area contributed by atoms with E-state index in [1.165, 1.54) is 11.0 Å². The van der Waals surface area contributed by atoms with Gasteiger partial charge >= 0.3 is 0 Å². The molecule has 0 amide bonds. The molecule has 2 rings (SSSR count).